The van der Waals surface area contributed by atoms with E-state index in [0.717, 1.165) is 42.8 Å². The maximum Gasteiger partial charge on any atom is 0.273 e. The average Bonchev–Trinajstić information content (AvgIpc) is 3.23. The molecule has 0 bridgehead atoms. The molecule has 0 saturated carbocycles. The zero-order valence-corrected chi connectivity index (χ0v) is 12.3. The van der Waals surface area contributed by atoms with Crippen LogP contribution < -0.4 is 0 Å². The second-order valence-corrected chi connectivity index (χ2v) is 5.60. The van der Waals surface area contributed by atoms with E-state index in [2.05, 4.69) is 0 Å². The number of amides is 1. The van der Waals surface area contributed by atoms with E-state index in [1.54, 1.807) is 0 Å². The fourth-order valence-corrected chi connectivity index (χ4v) is 3.07. The van der Waals surface area contributed by atoms with Crippen LogP contribution in [0, 0.1) is 0 Å². The highest BCUT2D eigenvalue weighted by Crippen LogP contribution is 2.26. The molecule has 1 aliphatic rings. The average molecular weight is 291 g/mol. The third-order valence-electron chi connectivity index (χ3n) is 4.17. The van der Waals surface area contributed by atoms with Gasteiger partial charge in [0.1, 0.15) is 17.0 Å². The Balaban J connectivity index is 1.92. The summed E-state index contributed by atoms with van der Waals surface area (Å²) in [6.45, 7) is 1.68. The molecule has 1 fully saturated rings. The summed E-state index contributed by atoms with van der Waals surface area (Å²) in [5, 5.41) is 0. The molecule has 1 saturated heterocycles. The zero-order chi connectivity index (χ0) is 14.9. The monoisotopic (exact) mass is 291 g/mol. The van der Waals surface area contributed by atoms with Crippen molar-refractivity contribution in [3.05, 3.63) is 60.4 Å². The first-order chi connectivity index (χ1) is 10.8. The maximum absolute atomic E-state index is 13.0. The quantitative estimate of drug-likeness (QED) is 0.727. The molecular formula is C18H17N3O. The lowest BCUT2D eigenvalue weighted by molar-refractivity contribution is 0.0787. The molecule has 0 unspecified atom stereocenters. The molecule has 4 nitrogen and oxygen atoms in total. The minimum absolute atomic E-state index is 0.0788. The lowest BCUT2D eigenvalue weighted by Gasteiger charge is -2.15. The van der Waals surface area contributed by atoms with Gasteiger partial charge >= 0.3 is 0 Å². The smallest absolute Gasteiger partial charge is 0.273 e. The Hall–Kier alpha value is -2.62. The SMILES string of the molecule is O=C(c1c(-c2ccccc2)nc2ccccn12)N1CCCC1. The van der Waals surface area contributed by atoms with Gasteiger partial charge in [0.25, 0.3) is 5.91 Å². The Labute approximate surface area is 129 Å². The summed E-state index contributed by atoms with van der Waals surface area (Å²) in [5.41, 5.74) is 3.23. The van der Waals surface area contributed by atoms with Crippen molar-refractivity contribution in [2.45, 2.75) is 12.8 Å². The largest absolute Gasteiger partial charge is 0.337 e. The van der Waals surface area contributed by atoms with E-state index in [4.69, 9.17) is 4.98 Å². The second kappa shape index (κ2) is 5.30. The van der Waals surface area contributed by atoms with Gasteiger partial charge in [0.15, 0.2) is 0 Å². The number of rotatable bonds is 2. The molecule has 1 amide bonds. The van der Waals surface area contributed by atoms with Gasteiger partial charge in [0, 0.05) is 24.8 Å². The zero-order valence-electron chi connectivity index (χ0n) is 12.3. The molecule has 0 radical (unpaired) electrons. The van der Waals surface area contributed by atoms with Gasteiger partial charge in [-0.05, 0) is 25.0 Å². The summed E-state index contributed by atoms with van der Waals surface area (Å²) in [6, 6.07) is 15.7. The van der Waals surface area contributed by atoms with Crippen LogP contribution in [0.5, 0.6) is 0 Å². The highest BCUT2D eigenvalue weighted by molar-refractivity contribution is 5.99. The molecule has 2 aromatic heterocycles. The van der Waals surface area contributed by atoms with Crippen molar-refractivity contribution >= 4 is 11.6 Å². The Kier molecular flexibility index (Phi) is 3.15. The first kappa shape index (κ1) is 13.1. The molecule has 0 N–H and O–H groups in total. The minimum atomic E-state index is 0.0788. The number of nitrogens with zero attached hydrogens (tertiary/aromatic N) is 3. The molecule has 4 rings (SSSR count). The molecular weight excluding hydrogens is 274 g/mol. The Bertz CT molecular complexity index is 817. The number of hydrogen-bond donors (Lipinski definition) is 0. The molecule has 3 heterocycles. The normalized spacial score (nSPS) is 14.6. The van der Waals surface area contributed by atoms with Crippen LogP contribution in [-0.4, -0.2) is 33.3 Å². The molecule has 0 atom stereocenters. The minimum Gasteiger partial charge on any atom is -0.337 e. The number of fused-ring (bicyclic) bond motifs is 1. The third kappa shape index (κ3) is 2.08. The number of aromatic nitrogens is 2. The first-order valence-corrected chi connectivity index (χ1v) is 7.66. The number of benzene rings is 1. The summed E-state index contributed by atoms with van der Waals surface area (Å²) in [4.78, 5) is 19.6. The van der Waals surface area contributed by atoms with Crippen LogP contribution >= 0.6 is 0 Å². The fourth-order valence-electron chi connectivity index (χ4n) is 3.07. The third-order valence-corrected chi connectivity index (χ3v) is 4.17. The van der Waals surface area contributed by atoms with E-state index < -0.39 is 0 Å². The number of carbonyl (C=O) groups is 1. The van der Waals surface area contributed by atoms with Crippen LogP contribution in [0.25, 0.3) is 16.9 Å². The highest BCUT2D eigenvalue weighted by Gasteiger charge is 2.26. The van der Waals surface area contributed by atoms with E-state index in [1.165, 1.54) is 0 Å². The van der Waals surface area contributed by atoms with Crippen LogP contribution in [0.1, 0.15) is 23.3 Å². The van der Waals surface area contributed by atoms with Crippen molar-refractivity contribution < 1.29 is 4.79 Å². The fraction of sp³-hybridized carbons (Fsp3) is 0.222. The van der Waals surface area contributed by atoms with Crippen molar-refractivity contribution in [3.63, 3.8) is 0 Å². The molecule has 22 heavy (non-hydrogen) atoms. The predicted octanol–water partition coefficient (Wildman–Crippen LogP) is 3.24. The van der Waals surface area contributed by atoms with E-state index in [9.17, 15) is 4.79 Å². The van der Waals surface area contributed by atoms with Gasteiger partial charge < -0.3 is 4.90 Å². The van der Waals surface area contributed by atoms with E-state index in [0.29, 0.717) is 5.69 Å². The van der Waals surface area contributed by atoms with Crippen LogP contribution in [0.15, 0.2) is 54.7 Å². The molecule has 1 aliphatic heterocycles. The predicted molar refractivity (Wildman–Crippen MR) is 85.8 cm³/mol. The molecule has 0 aliphatic carbocycles. The van der Waals surface area contributed by atoms with Crippen molar-refractivity contribution in [3.8, 4) is 11.3 Å². The Morgan fingerprint density at radius 1 is 0.955 bits per heavy atom. The highest BCUT2D eigenvalue weighted by atomic mass is 16.2. The van der Waals surface area contributed by atoms with E-state index in [1.807, 2.05) is 64.0 Å². The van der Waals surface area contributed by atoms with Crippen LogP contribution in [0.3, 0.4) is 0 Å². The van der Waals surface area contributed by atoms with Crippen LogP contribution in [0.4, 0.5) is 0 Å². The van der Waals surface area contributed by atoms with Crippen molar-refractivity contribution in [2.24, 2.45) is 0 Å². The number of pyridine rings is 1. The molecule has 0 spiro atoms. The Morgan fingerprint density at radius 3 is 2.45 bits per heavy atom. The van der Waals surface area contributed by atoms with Gasteiger partial charge in [0.2, 0.25) is 0 Å². The molecule has 1 aromatic carbocycles. The summed E-state index contributed by atoms with van der Waals surface area (Å²) < 4.78 is 1.91. The van der Waals surface area contributed by atoms with Gasteiger partial charge in [-0.15, -0.1) is 0 Å². The lowest BCUT2D eigenvalue weighted by atomic mass is 10.1. The summed E-state index contributed by atoms with van der Waals surface area (Å²) in [7, 11) is 0. The van der Waals surface area contributed by atoms with Gasteiger partial charge in [-0.25, -0.2) is 4.98 Å². The standard InChI is InChI=1S/C18H17N3O/c22-18(20-11-6-7-12-20)17-16(14-8-2-1-3-9-14)19-15-10-4-5-13-21(15)17/h1-5,8-10,13H,6-7,11-12H2. The molecule has 110 valence electrons. The Morgan fingerprint density at radius 2 is 1.68 bits per heavy atom. The van der Waals surface area contributed by atoms with E-state index >= 15 is 0 Å². The number of imidazole rings is 1. The number of likely N-dealkylation sites (tertiary alicyclic amines) is 1. The van der Waals surface area contributed by atoms with Crippen molar-refractivity contribution in [2.75, 3.05) is 13.1 Å². The topological polar surface area (TPSA) is 37.6 Å². The summed E-state index contributed by atoms with van der Waals surface area (Å²) in [5.74, 6) is 0.0788. The first-order valence-electron chi connectivity index (χ1n) is 7.66. The van der Waals surface area contributed by atoms with Gasteiger partial charge in [-0.2, -0.15) is 0 Å². The second-order valence-electron chi connectivity index (χ2n) is 5.60. The van der Waals surface area contributed by atoms with Crippen molar-refractivity contribution in [1.29, 1.82) is 0 Å². The van der Waals surface area contributed by atoms with Crippen LogP contribution in [-0.2, 0) is 0 Å². The lowest BCUT2D eigenvalue weighted by Crippen LogP contribution is -2.29. The number of hydrogen-bond acceptors (Lipinski definition) is 2. The van der Waals surface area contributed by atoms with Crippen LogP contribution in [0.2, 0.25) is 0 Å². The van der Waals surface area contributed by atoms with Gasteiger partial charge in [-0.1, -0.05) is 36.4 Å². The summed E-state index contributed by atoms with van der Waals surface area (Å²) >= 11 is 0. The molecule has 4 heteroatoms. The molecule has 3 aromatic rings. The number of carbonyl (C=O) groups excluding carboxylic acids is 1. The maximum atomic E-state index is 13.0. The van der Waals surface area contributed by atoms with Gasteiger partial charge in [0.05, 0.1) is 0 Å². The van der Waals surface area contributed by atoms with E-state index in [-0.39, 0.29) is 5.91 Å². The van der Waals surface area contributed by atoms with Gasteiger partial charge in [-0.3, -0.25) is 9.20 Å². The summed E-state index contributed by atoms with van der Waals surface area (Å²) in [6.07, 6.45) is 4.09. The van der Waals surface area contributed by atoms with Crippen molar-refractivity contribution in [1.82, 2.24) is 14.3 Å².